The van der Waals surface area contributed by atoms with Gasteiger partial charge in [0.1, 0.15) is 6.26 Å². The highest BCUT2D eigenvalue weighted by Crippen LogP contribution is 2.10. The van der Waals surface area contributed by atoms with Crippen molar-refractivity contribution in [3.05, 3.63) is 12.0 Å². The quantitative estimate of drug-likeness (QED) is 0.520. The second kappa shape index (κ2) is 2.09. The molecule has 3 heteroatoms. The lowest BCUT2D eigenvalue weighted by molar-refractivity contribution is -0.124. The summed E-state index contributed by atoms with van der Waals surface area (Å²) >= 11 is 0. The van der Waals surface area contributed by atoms with E-state index in [0.29, 0.717) is 6.61 Å². The van der Waals surface area contributed by atoms with Crippen LogP contribution in [0.5, 0.6) is 0 Å². The van der Waals surface area contributed by atoms with E-state index in [1.54, 1.807) is 6.92 Å². The first-order valence-corrected chi connectivity index (χ1v) is 2.77. The number of rotatable bonds is 0. The van der Waals surface area contributed by atoms with Gasteiger partial charge in [0, 0.05) is 0 Å². The molecule has 50 valence electrons. The maximum Gasteiger partial charge on any atom is 0.206 e. The molecular weight excluding hydrogens is 120 g/mol. The molecule has 0 fully saturated rings. The molecule has 0 aliphatic carbocycles. The average Bonchev–Trinajstić information content (AvgIpc) is 1.83. The molecule has 1 atom stereocenters. The van der Waals surface area contributed by atoms with Crippen molar-refractivity contribution in [1.29, 1.82) is 0 Å². The molecule has 1 heterocycles. The second-order valence-electron chi connectivity index (χ2n) is 2.10. The number of Topliss-reactive ketones (excluding diaryl/α,β-unsaturated/α-hetero) is 1. The van der Waals surface area contributed by atoms with Crippen LogP contribution >= 0.6 is 0 Å². The van der Waals surface area contributed by atoms with E-state index >= 15 is 0 Å². The van der Waals surface area contributed by atoms with Crippen LogP contribution in [0.2, 0.25) is 0 Å². The van der Waals surface area contributed by atoms with Crippen molar-refractivity contribution in [2.24, 2.45) is 5.92 Å². The number of hydrogen-bond donors (Lipinski definition) is 1. The molecule has 3 nitrogen and oxygen atoms in total. The highest BCUT2D eigenvalue weighted by atomic mass is 16.5. The standard InChI is InChI=1S/C6H8O3/c1-4-2-9-3-5(7)6(4)8/h3-4,7H,2H2,1H3. The minimum Gasteiger partial charge on any atom is -0.502 e. The summed E-state index contributed by atoms with van der Waals surface area (Å²) in [5, 5.41) is 8.73. The summed E-state index contributed by atoms with van der Waals surface area (Å²) in [5.41, 5.74) is 0. The van der Waals surface area contributed by atoms with E-state index in [1.165, 1.54) is 0 Å². The molecule has 1 aliphatic rings. The maximum absolute atomic E-state index is 10.7. The van der Waals surface area contributed by atoms with Crippen LogP contribution in [0.25, 0.3) is 0 Å². The molecule has 0 radical (unpaired) electrons. The van der Waals surface area contributed by atoms with Crippen LogP contribution in [0.4, 0.5) is 0 Å². The van der Waals surface area contributed by atoms with Gasteiger partial charge in [-0.1, -0.05) is 6.92 Å². The van der Waals surface area contributed by atoms with Crippen LogP contribution < -0.4 is 0 Å². The predicted octanol–water partition coefficient (Wildman–Crippen LogP) is 0.621. The zero-order chi connectivity index (χ0) is 6.85. The van der Waals surface area contributed by atoms with Crippen molar-refractivity contribution in [3.8, 4) is 0 Å². The molecule has 0 saturated heterocycles. The van der Waals surface area contributed by atoms with Crippen LogP contribution in [-0.2, 0) is 9.53 Å². The largest absolute Gasteiger partial charge is 0.502 e. The molecule has 0 aromatic rings. The Morgan fingerprint density at radius 2 is 2.56 bits per heavy atom. The molecular formula is C6H8O3. The van der Waals surface area contributed by atoms with Crippen molar-refractivity contribution >= 4 is 5.78 Å². The molecule has 1 rings (SSSR count). The Morgan fingerprint density at radius 1 is 1.89 bits per heavy atom. The highest BCUT2D eigenvalue weighted by Gasteiger charge is 2.21. The summed E-state index contributed by atoms with van der Waals surface area (Å²) in [6.45, 7) is 2.09. The van der Waals surface area contributed by atoms with E-state index in [9.17, 15) is 4.79 Å². The molecule has 1 N–H and O–H groups in total. The van der Waals surface area contributed by atoms with E-state index in [-0.39, 0.29) is 17.5 Å². The second-order valence-corrected chi connectivity index (χ2v) is 2.10. The monoisotopic (exact) mass is 128 g/mol. The van der Waals surface area contributed by atoms with Crippen LogP contribution in [-0.4, -0.2) is 17.5 Å². The summed E-state index contributed by atoms with van der Waals surface area (Å²) in [7, 11) is 0. The molecule has 1 unspecified atom stereocenters. The fourth-order valence-electron chi connectivity index (χ4n) is 0.658. The van der Waals surface area contributed by atoms with Crippen molar-refractivity contribution in [2.45, 2.75) is 6.92 Å². The van der Waals surface area contributed by atoms with Gasteiger partial charge in [-0.3, -0.25) is 4.79 Å². The van der Waals surface area contributed by atoms with E-state index < -0.39 is 0 Å². The Labute approximate surface area is 52.9 Å². The van der Waals surface area contributed by atoms with E-state index in [2.05, 4.69) is 0 Å². The number of carbonyl (C=O) groups excluding carboxylic acids is 1. The Morgan fingerprint density at radius 3 is 3.00 bits per heavy atom. The van der Waals surface area contributed by atoms with E-state index in [0.717, 1.165) is 6.26 Å². The Hall–Kier alpha value is -0.990. The molecule has 9 heavy (non-hydrogen) atoms. The van der Waals surface area contributed by atoms with Crippen molar-refractivity contribution < 1.29 is 14.6 Å². The lowest BCUT2D eigenvalue weighted by Gasteiger charge is -2.13. The lowest BCUT2D eigenvalue weighted by atomic mass is 10.1. The van der Waals surface area contributed by atoms with Crippen LogP contribution in [0, 0.1) is 5.92 Å². The first-order valence-electron chi connectivity index (χ1n) is 2.77. The number of aliphatic hydroxyl groups is 1. The molecule has 0 amide bonds. The van der Waals surface area contributed by atoms with Crippen molar-refractivity contribution in [1.82, 2.24) is 0 Å². The average molecular weight is 128 g/mol. The van der Waals surface area contributed by atoms with Gasteiger partial charge in [-0.05, 0) is 0 Å². The zero-order valence-electron chi connectivity index (χ0n) is 5.13. The smallest absolute Gasteiger partial charge is 0.206 e. The summed E-state index contributed by atoms with van der Waals surface area (Å²) in [6, 6.07) is 0. The number of allylic oxidation sites excluding steroid dienone is 1. The Kier molecular flexibility index (Phi) is 1.42. The summed E-state index contributed by atoms with van der Waals surface area (Å²) < 4.78 is 4.73. The molecule has 0 aromatic heterocycles. The summed E-state index contributed by atoms with van der Waals surface area (Å²) in [6.07, 6.45) is 1.09. The third kappa shape index (κ3) is 1.04. The van der Waals surface area contributed by atoms with E-state index in [1.807, 2.05) is 0 Å². The first-order chi connectivity index (χ1) is 4.22. The Bertz CT molecular complexity index is 160. The highest BCUT2D eigenvalue weighted by molar-refractivity contribution is 5.95. The minimum atomic E-state index is -0.270. The first kappa shape index (κ1) is 6.13. The lowest BCUT2D eigenvalue weighted by Crippen LogP contribution is -2.22. The SMILES string of the molecule is CC1COC=C(O)C1=O. The van der Waals surface area contributed by atoms with Gasteiger partial charge in [-0.2, -0.15) is 0 Å². The molecule has 1 aliphatic heterocycles. The van der Waals surface area contributed by atoms with Gasteiger partial charge in [0.25, 0.3) is 0 Å². The predicted molar refractivity (Wildman–Crippen MR) is 30.8 cm³/mol. The molecule has 0 saturated carbocycles. The van der Waals surface area contributed by atoms with Gasteiger partial charge in [-0.25, -0.2) is 0 Å². The van der Waals surface area contributed by atoms with Gasteiger partial charge in [-0.15, -0.1) is 0 Å². The van der Waals surface area contributed by atoms with Crippen LogP contribution in [0.3, 0.4) is 0 Å². The van der Waals surface area contributed by atoms with Crippen LogP contribution in [0.1, 0.15) is 6.92 Å². The van der Waals surface area contributed by atoms with Gasteiger partial charge in [0.2, 0.25) is 5.78 Å². The number of ketones is 1. The molecule has 0 bridgehead atoms. The van der Waals surface area contributed by atoms with Gasteiger partial charge >= 0.3 is 0 Å². The van der Waals surface area contributed by atoms with E-state index in [4.69, 9.17) is 9.84 Å². The minimum absolute atomic E-state index is 0.199. The van der Waals surface area contributed by atoms with Crippen molar-refractivity contribution in [2.75, 3.05) is 6.61 Å². The zero-order valence-corrected chi connectivity index (χ0v) is 5.13. The summed E-state index contributed by atoms with van der Waals surface area (Å²) in [5.74, 6) is -0.704. The number of hydrogen-bond acceptors (Lipinski definition) is 3. The Balaban J connectivity index is 2.74. The van der Waals surface area contributed by atoms with Gasteiger partial charge in [0.15, 0.2) is 5.76 Å². The number of carbonyl (C=O) groups is 1. The van der Waals surface area contributed by atoms with Crippen molar-refractivity contribution in [3.63, 3.8) is 0 Å². The maximum atomic E-state index is 10.7. The topological polar surface area (TPSA) is 46.5 Å². The fraction of sp³-hybridized carbons (Fsp3) is 0.500. The van der Waals surface area contributed by atoms with Gasteiger partial charge < -0.3 is 9.84 Å². The third-order valence-electron chi connectivity index (χ3n) is 1.24. The molecule has 0 spiro atoms. The summed E-state index contributed by atoms with van der Waals surface area (Å²) in [4.78, 5) is 10.7. The van der Waals surface area contributed by atoms with Gasteiger partial charge in [0.05, 0.1) is 12.5 Å². The number of ether oxygens (including phenoxy) is 1. The fourth-order valence-corrected chi connectivity index (χ4v) is 0.658. The molecule has 0 aromatic carbocycles. The third-order valence-corrected chi connectivity index (χ3v) is 1.24. The van der Waals surface area contributed by atoms with Crippen LogP contribution in [0.15, 0.2) is 12.0 Å². The number of aliphatic hydroxyl groups excluding tert-OH is 1. The normalized spacial score (nSPS) is 27.0.